The summed E-state index contributed by atoms with van der Waals surface area (Å²) in [6.45, 7) is 0. The van der Waals surface area contributed by atoms with Gasteiger partial charge in [-0.3, -0.25) is 4.55 Å². The number of hydrogen-bond donors (Lipinski definition) is 1. The minimum atomic E-state index is -4.21. The smallest absolute Gasteiger partial charge is 0.282 e. The van der Waals surface area contributed by atoms with Crippen molar-refractivity contribution in [2.45, 2.75) is 4.90 Å². The lowest BCUT2D eigenvalue weighted by Gasteiger charge is -2.02. The third kappa shape index (κ3) is 2.90. The fourth-order valence-corrected chi connectivity index (χ4v) is 3.17. The molecule has 4 aromatic rings. The Labute approximate surface area is 144 Å². The summed E-state index contributed by atoms with van der Waals surface area (Å²) in [6.07, 6.45) is 3.57. The van der Waals surface area contributed by atoms with Gasteiger partial charge in [-0.2, -0.15) is 8.42 Å². The second kappa shape index (κ2) is 5.80. The molecule has 7 heteroatoms. The molecule has 0 spiro atoms. The van der Waals surface area contributed by atoms with E-state index in [4.69, 9.17) is 4.55 Å². The Morgan fingerprint density at radius 1 is 0.920 bits per heavy atom. The number of nitrogens with zero attached hydrogens (tertiary/aromatic N) is 3. The predicted molar refractivity (Wildman–Crippen MR) is 94.1 cm³/mol. The van der Waals surface area contributed by atoms with Crippen molar-refractivity contribution >= 4 is 21.2 Å². The van der Waals surface area contributed by atoms with Gasteiger partial charge in [-0.05, 0) is 41.5 Å². The average molecular weight is 351 g/mol. The van der Waals surface area contributed by atoms with Crippen LogP contribution in [0.3, 0.4) is 0 Å². The third-order valence-corrected chi connectivity index (χ3v) is 4.77. The Balaban J connectivity index is 1.82. The monoisotopic (exact) mass is 351 g/mol. The summed E-state index contributed by atoms with van der Waals surface area (Å²) in [4.78, 5) is 4.15. The molecule has 0 radical (unpaired) electrons. The van der Waals surface area contributed by atoms with E-state index in [0.717, 1.165) is 16.5 Å². The first-order valence-corrected chi connectivity index (χ1v) is 8.94. The molecule has 1 N–H and O–H groups in total. The first-order chi connectivity index (χ1) is 12.0. The summed E-state index contributed by atoms with van der Waals surface area (Å²) in [6, 6.07) is 17.7. The van der Waals surface area contributed by atoms with Crippen LogP contribution in [0.5, 0.6) is 0 Å². The normalized spacial score (nSPS) is 11.7. The van der Waals surface area contributed by atoms with Crippen molar-refractivity contribution < 1.29 is 13.0 Å². The Bertz CT molecular complexity index is 1150. The standard InChI is InChI=1S/C18H13N3O3S/c22-25(23,24)15-8-6-14(7-9-15)21-12-17-16(10-11-19-18(17)20-21)13-4-2-1-3-5-13/h1-12H,(H,22,23,24). The van der Waals surface area contributed by atoms with E-state index < -0.39 is 10.1 Å². The molecule has 0 atom stereocenters. The maximum absolute atomic E-state index is 11.1. The van der Waals surface area contributed by atoms with Gasteiger partial charge in [0, 0.05) is 17.8 Å². The molecule has 0 bridgehead atoms. The molecule has 0 saturated carbocycles. The minimum absolute atomic E-state index is 0.156. The quantitative estimate of drug-likeness (QED) is 0.572. The van der Waals surface area contributed by atoms with E-state index in [1.54, 1.807) is 23.0 Å². The van der Waals surface area contributed by atoms with E-state index in [1.165, 1.54) is 12.1 Å². The van der Waals surface area contributed by atoms with Crippen molar-refractivity contribution in [1.82, 2.24) is 14.8 Å². The Morgan fingerprint density at radius 2 is 1.64 bits per heavy atom. The first-order valence-electron chi connectivity index (χ1n) is 7.50. The van der Waals surface area contributed by atoms with Gasteiger partial charge in [0.1, 0.15) is 0 Å². The highest BCUT2D eigenvalue weighted by Crippen LogP contribution is 2.27. The number of benzene rings is 2. The lowest BCUT2D eigenvalue weighted by atomic mass is 10.0. The molecule has 2 aromatic carbocycles. The predicted octanol–water partition coefficient (Wildman–Crippen LogP) is 3.33. The van der Waals surface area contributed by atoms with Crippen LogP contribution in [0.4, 0.5) is 0 Å². The Kier molecular flexibility index (Phi) is 3.60. The van der Waals surface area contributed by atoms with E-state index >= 15 is 0 Å². The molecule has 0 aliphatic heterocycles. The van der Waals surface area contributed by atoms with Gasteiger partial charge in [-0.1, -0.05) is 30.3 Å². The first kappa shape index (κ1) is 15.5. The maximum atomic E-state index is 11.1. The van der Waals surface area contributed by atoms with Crippen molar-refractivity contribution in [3.63, 3.8) is 0 Å². The van der Waals surface area contributed by atoms with Crippen LogP contribution in [0, 0.1) is 0 Å². The van der Waals surface area contributed by atoms with E-state index in [2.05, 4.69) is 10.1 Å². The molecule has 0 aliphatic rings. The second-order valence-electron chi connectivity index (χ2n) is 5.50. The number of aromatic nitrogens is 3. The third-order valence-electron chi connectivity index (χ3n) is 3.91. The zero-order valence-corrected chi connectivity index (χ0v) is 13.8. The molecule has 25 heavy (non-hydrogen) atoms. The van der Waals surface area contributed by atoms with Crippen LogP contribution in [-0.4, -0.2) is 27.7 Å². The van der Waals surface area contributed by atoms with Crippen molar-refractivity contribution in [1.29, 1.82) is 0 Å². The van der Waals surface area contributed by atoms with Gasteiger partial charge in [0.2, 0.25) is 0 Å². The SMILES string of the molecule is O=S(=O)(O)c1ccc(-n2cc3c(-c4ccccc4)ccnc3n2)cc1. The van der Waals surface area contributed by atoms with E-state index in [9.17, 15) is 8.42 Å². The van der Waals surface area contributed by atoms with Crippen LogP contribution in [0.1, 0.15) is 0 Å². The highest BCUT2D eigenvalue weighted by atomic mass is 32.2. The molecular formula is C18H13N3O3S. The minimum Gasteiger partial charge on any atom is -0.282 e. The Hall–Kier alpha value is -3.03. The van der Waals surface area contributed by atoms with Gasteiger partial charge in [-0.25, -0.2) is 9.67 Å². The summed E-state index contributed by atoms with van der Waals surface area (Å²) in [7, 11) is -4.21. The number of fused-ring (bicyclic) bond motifs is 1. The fourth-order valence-electron chi connectivity index (χ4n) is 2.69. The molecule has 4 rings (SSSR count). The highest BCUT2D eigenvalue weighted by Gasteiger charge is 2.12. The molecule has 2 heterocycles. The second-order valence-corrected chi connectivity index (χ2v) is 6.93. The molecule has 0 aliphatic carbocycles. The van der Waals surface area contributed by atoms with E-state index in [-0.39, 0.29) is 4.90 Å². The van der Waals surface area contributed by atoms with Gasteiger partial charge in [0.25, 0.3) is 10.1 Å². The molecule has 0 fully saturated rings. The van der Waals surface area contributed by atoms with Crippen LogP contribution < -0.4 is 0 Å². The number of pyridine rings is 1. The van der Waals surface area contributed by atoms with E-state index in [0.29, 0.717) is 11.3 Å². The van der Waals surface area contributed by atoms with Crippen molar-refractivity contribution in [2.24, 2.45) is 0 Å². The average Bonchev–Trinajstić information content (AvgIpc) is 3.06. The Morgan fingerprint density at radius 3 is 2.32 bits per heavy atom. The lowest BCUT2D eigenvalue weighted by Crippen LogP contribution is -1.99. The molecule has 0 amide bonds. The van der Waals surface area contributed by atoms with Gasteiger partial charge >= 0.3 is 0 Å². The summed E-state index contributed by atoms with van der Waals surface area (Å²) >= 11 is 0. The highest BCUT2D eigenvalue weighted by molar-refractivity contribution is 7.85. The van der Waals surface area contributed by atoms with Crippen molar-refractivity contribution in [2.75, 3.05) is 0 Å². The van der Waals surface area contributed by atoms with E-state index in [1.807, 2.05) is 42.6 Å². The molecular weight excluding hydrogens is 338 g/mol. The molecule has 0 unspecified atom stereocenters. The molecule has 124 valence electrons. The summed E-state index contributed by atoms with van der Waals surface area (Å²) in [5.41, 5.74) is 3.35. The topological polar surface area (TPSA) is 85.1 Å². The largest absolute Gasteiger partial charge is 0.294 e. The van der Waals surface area contributed by atoms with Crippen LogP contribution in [-0.2, 0) is 10.1 Å². The summed E-state index contributed by atoms with van der Waals surface area (Å²) in [5, 5.41) is 5.35. The van der Waals surface area contributed by atoms with Gasteiger partial charge in [-0.15, -0.1) is 5.10 Å². The van der Waals surface area contributed by atoms with Crippen molar-refractivity contribution in [3.8, 4) is 16.8 Å². The number of rotatable bonds is 3. The van der Waals surface area contributed by atoms with Crippen molar-refractivity contribution in [3.05, 3.63) is 73.1 Å². The van der Waals surface area contributed by atoms with Crippen LogP contribution in [0.2, 0.25) is 0 Å². The maximum Gasteiger partial charge on any atom is 0.294 e. The van der Waals surface area contributed by atoms with Gasteiger partial charge in [0.05, 0.1) is 10.6 Å². The lowest BCUT2D eigenvalue weighted by molar-refractivity contribution is 0.483. The van der Waals surface area contributed by atoms with Crippen LogP contribution >= 0.6 is 0 Å². The van der Waals surface area contributed by atoms with Crippen LogP contribution in [0.15, 0.2) is 78.0 Å². The van der Waals surface area contributed by atoms with Gasteiger partial charge < -0.3 is 0 Å². The molecule has 6 nitrogen and oxygen atoms in total. The van der Waals surface area contributed by atoms with Gasteiger partial charge in [0.15, 0.2) is 5.65 Å². The zero-order valence-electron chi connectivity index (χ0n) is 12.9. The number of hydrogen-bond acceptors (Lipinski definition) is 4. The fraction of sp³-hybridized carbons (Fsp3) is 0. The van der Waals surface area contributed by atoms with Crippen LogP contribution in [0.25, 0.3) is 27.8 Å². The molecule has 2 aromatic heterocycles. The molecule has 0 saturated heterocycles. The summed E-state index contributed by atoms with van der Waals surface area (Å²) < 4.78 is 33.0. The zero-order chi connectivity index (χ0) is 17.4. The summed E-state index contributed by atoms with van der Waals surface area (Å²) in [5.74, 6) is 0.